The molecule has 1 fully saturated rings. The quantitative estimate of drug-likeness (QED) is 0.645. The highest BCUT2D eigenvalue weighted by Crippen LogP contribution is 2.24. The first-order valence-electron chi connectivity index (χ1n) is 9.59. The number of nitrogens with zero attached hydrogens (tertiary/aromatic N) is 2. The summed E-state index contributed by atoms with van der Waals surface area (Å²) in [7, 11) is -3.73. The van der Waals surface area contributed by atoms with Crippen LogP contribution in [0.15, 0.2) is 29.2 Å². The number of sulfonamides is 1. The van der Waals surface area contributed by atoms with Crippen molar-refractivity contribution in [1.82, 2.24) is 9.29 Å². The first-order chi connectivity index (χ1) is 14.1. The van der Waals surface area contributed by atoms with Crippen LogP contribution < -0.4 is 5.32 Å². The van der Waals surface area contributed by atoms with Crippen molar-refractivity contribution in [1.29, 1.82) is 0 Å². The van der Waals surface area contributed by atoms with E-state index in [9.17, 15) is 18.0 Å². The first-order valence-corrected chi connectivity index (χ1v) is 11.8. The molecule has 0 aliphatic carbocycles. The maximum Gasteiger partial charge on any atom is 0.243 e. The molecule has 1 saturated heterocycles. The molecule has 1 aliphatic rings. The van der Waals surface area contributed by atoms with E-state index < -0.39 is 10.0 Å². The number of ketones is 2. The van der Waals surface area contributed by atoms with Crippen LogP contribution in [-0.4, -0.2) is 61.1 Å². The predicted molar refractivity (Wildman–Crippen MR) is 115 cm³/mol. The molecule has 2 atom stereocenters. The molecule has 162 valence electrons. The van der Waals surface area contributed by atoms with Gasteiger partial charge in [0.05, 0.1) is 34.2 Å². The number of aryl methyl sites for hydroxylation is 1. The van der Waals surface area contributed by atoms with E-state index in [-0.39, 0.29) is 53.9 Å². The number of hydrogen-bond acceptors (Lipinski definition) is 8. The molecule has 0 bridgehead atoms. The molecule has 1 aromatic heterocycles. The van der Waals surface area contributed by atoms with Gasteiger partial charge in [-0.05, 0) is 32.9 Å². The van der Waals surface area contributed by atoms with Crippen LogP contribution >= 0.6 is 11.3 Å². The Bertz CT molecular complexity index is 1050. The van der Waals surface area contributed by atoms with Gasteiger partial charge in [-0.25, -0.2) is 13.4 Å². The lowest BCUT2D eigenvalue weighted by molar-refractivity contribution is -0.0440. The second kappa shape index (κ2) is 8.93. The largest absolute Gasteiger partial charge is 0.373 e. The molecule has 10 heteroatoms. The number of thiazole rings is 1. The molecule has 0 saturated carbocycles. The van der Waals surface area contributed by atoms with Crippen molar-refractivity contribution in [2.24, 2.45) is 0 Å². The number of ether oxygens (including phenoxy) is 1. The molecule has 0 radical (unpaired) electrons. The minimum Gasteiger partial charge on any atom is -0.373 e. The van der Waals surface area contributed by atoms with Crippen molar-refractivity contribution >= 4 is 38.1 Å². The Balaban J connectivity index is 1.73. The third-order valence-corrected chi connectivity index (χ3v) is 7.74. The third kappa shape index (κ3) is 4.94. The minimum absolute atomic E-state index is 0.0561. The zero-order valence-electron chi connectivity index (χ0n) is 17.3. The number of anilines is 1. The summed E-state index contributed by atoms with van der Waals surface area (Å²) >= 11 is 1.19. The highest BCUT2D eigenvalue weighted by Gasteiger charge is 2.32. The number of hydrogen-bond donors (Lipinski definition) is 1. The van der Waals surface area contributed by atoms with E-state index in [1.807, 2.05) is 13.8 Å². The van der Waals surface area contributed by atoms with E-state index in [1.54, 1.807) is 19.1 Å². The van der Waals surface area contributed by atoms with Crippen LogP contribution in [-0.2, 0) is 14.8 Å². The molecule has 2 heterocycles. The summed E-state index contributed by atoms with van der Waals surface area (Å²) in [5.74, 6) is -0.345. The molecule has 0 spiro atoms. The number of nitrogens with one attached hydrogen (secondary N) is 1. The number of rotatable bonds is 7. The van der Waals surface area contributed by atoms with Gasteiger partial charge in [0.1, 0.15) is 0 Å². The van der Waals surface area contributed by atoms with Gasteiger partial charge in [-0.15, -0.1) is 0 Å². The fourth-order valence-corrected chi connectivity index (χ4v) is 5.86. The van der Waals surface area contributed by atoms with Gasteiger partial charge in [0, 0.05) is 25.6 Å². The Kier molecular flexibility index (Phi) is 6.71. The van der Waals surface area contributed by atoms with Crippen LogP contribution in [0.3, 0.4) is 0 Å². The Morgan fingerprint density at radius 1 is 1.27 bits per heavy atom. The SMILES string of the molecule is CC(=O)c1sc(NCC(=O)c2cccc(S(=O)(=O)N3CC(C)OC(C)C3)c2)nc1C. The van der Waals surface area contributed by atoms with E-state index in [0.29, 0.717) is 15.7 Å². The zero-order chi connectivity index (χ0) is 22.1. The number of morpholine rings is 1. The lowest BCUT2D eigenvalue weighted by atomic mass is 10.1. The Hall–Kier alpha value is -2.14. The monoisotopic (exact) mass is 451 g/mol. The molecule has 1 aliphatic heterocycles. The van der Waals surface area contributed by atoms with Crippen LogP contribution in [0.1, 0.15) is 46.5 Å². The van der Waals surface area contributed by atoms with E-state index in [0.717, 1.165) is 0 Å². The summed E-state index contributed by atoms with van der Waals surface area (Å²) in [6.45, 7) is 7.37. The van der Waals surface area contributed by atoms with Crippen molar-refractivity contribution < 1.29 is 22.7 Å². The fourth-order valence-electron chi connectivity index (χ4n) is 3.36. The highest BCUT2D eigenvalue weighted by molar-refractivity contribution is 7.89. The molecular formula is C20H25N3O5S2. The summed E-state index contributed by atoms with van der Waals surface area (Å²) in [5.41, 5.74) is 0.905. The smallest absolute Gasteiger partial charge is 0.243 e. The second-order valence-corrected chi connectivity index (χ2v) is 10.3. The van der Waals surface area contributed by atoms with Crippen LogP contribution in [0.5, 0.6) is 0 Å². The standard InChI is InChI=1S/C20H25N3O5S2/c1-12-10-23(11-13(2)28-12)30(26,27)17-7-5-6-16(8-17)18(25)9-21-20-22-14(3)19(29-20)15(4)24/h5-8,12-13H,9-11H2,1-4H3,(H,21,22). The Labute approximate surface area is 180 Å². The van der Waals surface area contributed by atoms with Crippen LogP contribution in [0.2, 0.25) is 0 Å². The van der Waals surface area contributed by atoms with Gasteiger partial charge in [-0.3, -0.25) is 9.59 Å². The molecule has 2 unspecified atom stereocenters. The molecule has 30 heavy (non-hydrogen) atoms. The number of carbonyl (C=O) groups is 2. The summed E-state index contributed by atoms with van der Waals surface area (Å²) in [6.07, 6.45) is -0.390. The number of carbonyl (C=O) groups excluding carboxylic acids is 2. The van der Waals surface area contributed by atoms with Gasteiger partial charge in [-0.2, -0.15) is 4.31 Å². The zero-order valence-corrected chi connectivity index (χ0v) is 19.0. The maximum atomic E-state index is 13.0. The van der Waals surface area contributed by atoms with Crippen molar-refractivity contribution in [2.45, 2.75) is 44.8 Å². The van der Waals surface area contributed by atoms with E-state index in [1.165, 1.54) is 34.7 Å². The average molecular weight is 452 g/mol. The molecule has 2 aromatic rings. The summed E-state index contributed by atoms with van der Waals surface area (Å²) < 4.78 is 33.1. The highest BCUT2D eigenvalue weighted by atomic mass is 32.2. The van der Waals surface area contributed by atoms with Crippen molar-refractivity contribution in [3.8, 4) is 0 Å². The first kappa shape index (κ1) is 22.5. The number of benzene rings is 1. The molecule has 1 N–H and O–H groups in total. The summed E-state index contributed by atoms with van der Waals surface area (Å²) in [5, 5.41) is 3.40. The fraction of sp³-hybridized carbons (Fsp3) is 0.450. The summed E-state index contributed by atoms with van der Waals surface area (Å²) in [4.78, 5) is 29.1. The van der Waals surface area contributed by atoms with Gasteiger partial charge in [0.15, 0.2) is 16.7 Å². The van der Waals surface area contributed by atoms with Gasteiger partial charge in [0.25, 0.3) is 0 Å². The molecule has 3 rings (SSSR count). The van der Waals surface area contributed by atoms with Crippen LogP contribution in [0, 0.1) is 6.92 Å². The summed E-state index contributed by atoms with van der Waals surface area (Å²) in [6, 6.07) is 6.04. The second-order valence-electron chi connectivity index (χ2n) is 7.37. The number of Topliss-reactive ketones (excluding diaryl/α,β-unsaturated/α-hetero) is 2. The lowest BCUT2D eigenvalue weighted by Crippen LogP contribution is -2.48. The Morgan fingerprint density at radius 2 is 1.93 bits per heavy atom. The number of aromatic nitrogens is 1. The van der Waals surface area contributed by atoms with Crippen molar-refractivity contribution in [2.75, 3.05) is 25.0 Å². The van der Waals surface area contributed by atoms with Crippen LogP contribution in [0.4, 0.5) is 5.13 Å². The molecule has 1 aromatic carbocycles. The average Bonchev–Trinajstić information content (AvgIpc) is 3.06. The van der Waals surface area contributed by atoms with E-state index in [2.05, 4.69) is 10.3 Å². The van der Waals surface area contributed by atoms with Crippen LogP contribution in [0.25, 0.3) is 0 Å². The molecular weight excluding hydrogens is 426 g/mol. The Morgan fingerprint density at radius 3 is 2.53 bits per heavy atom. The van der Waals surface area contributed by atoms with Crippen molar-refractivity contribution in [3.05, 3.63) is 40.4 Å². The van der Waals surface area contributed by atoms with E-state index >= 15 is 0 Å². The normalized spacial score (nSPS) is 20.1. The van der Waals surface area contributed by atoms with Gasteiger partial charge in [0.2, 0.25) is 10.0 Å². The maximum absolute atomic E-state index is 13.0. The van der Waals surface area contributed by atoms with Crippen molar-refractivity contribution in [3.63, 3.8) is 0 Å². The molecule has 8 nitrogen and oxygen atoms in total. The van der Waals surface area contributed by atoms with E-state index in [4.69, 9.17) is 4.74 Å². The topological polar surface area (TPSA) is 106 Å². The third-order valence-electron chi connectivity index (χ3n) is 4.70. The van der Waals surface area contributed by atoms with Gasteiger partial charge >= 0.3 is 0 Å². The van der Waals surface area contributed by atoms with Gasteiger partial charge < -0.3 is 10.1 Å². The predicted octanol–water partition coefficient (Wildman–Crippen LogP) is 2.75. The molecule has 0 amide bonds. The lowest BCUT2D eigenvalue weighted by Gasteiger charge is -2.34. The minimum atomic E-state index is -3.73. The van der Waals surface area contributed by atoms with Gasteiger partial charge in [-0.1, -0.05) is 23.5 Å².